The van der Waals surface area contributed by atoms with Crippen LogP contribution in [0.15, 0.2) is 12.4 Å². The Balaban J connectivity index is 2.21. The molecule has 0 spiro atoms. The molecule has 0 aliphatic heterocycles. The molecule has 3 nitrogen and oxygen atoms in total. The van der Waals surface area contributed by atoms with Gasteiger partial charge in [0, 0.05) is 38.2 Å². The highest BCUT2D eigenvalue weighted by atomic mass is 16.1. The average molecular weight is 164 g/mol. The van der Waals surface area contributed by atoms with Crippen molar-refractivity contribution < 1.29 is 4.79 Å². The van der Waals surface area contributed by atoms with Crippen LogP contribution in [0.25, 0.3) is 0 Å². The molecule has 12 heavy (non-hydrogen) atoms. The van der Waals surface area contributed by atoms with Crippen LogP contribution in [0.2, 0.25) is 0 Å². The zero-order chi connectivity index (χ0) is 8.55. The Bertz CT molecular complexity index is 303. The molecule has 0 aromatic carbocycles. The molecule has 0 N–H and O–H groups in total. The van der Waals surface area contributed by atoms with Crippen LogP contribution in [0.4, 0.5) is 0 Å². The molecule has 1 aliphatic rings. The molecule has 3 heteroatoms. The van der Waals surface area contributed by atoms with Gasteiger partial charge in [-0.15, -0.1) is 0 Å². The maximum Gasteiger partial charge on any atom is 0.133 e. The summed E-state index contributed by atoms with van der Waals surface area (Å²) in [6.07, 6.45) is 6.11. The van der Waals surface area contributed by atoms with Gasteiger partial charge < -0.3 is 4.57 Å². The Kier molecular flexibility index (Phi) is 1.71. The van der Waals surface area contributed by atoms with E-state index in [9.17, 15) is 4.79 Å². The second-order valence-electron chi connectivity index (χ2n) is 3.37. The van der Waals surface area contributed by atoms with Crippen LogP contribution in [0.3, 0.4) is 0 Å². The van der Waals surface area contributed by atoms with Crippen LogP contribution in [0.1, 0.15) is 31.0 Å². The predicted molar refractivity (Wildman–Crippen MR) is 44.8 cm³/mol. The van der Waals surface area contributed by atoms with E-state index in [-0.39, 0.29) is 0 Å². The van der Waals surface area contributed by atoms with Gasteiger partial charge in [0.1, 0.15) is 11.6 Å². The summed E-state index contributed by atoms with van der Waals surface area (Å²) in [7, 11) is 1.98. The van der Waals surface area contributed by atoms with Gasteiger partial charge in [0.15, 0.2) is 0 Å². The first-order valence-electron chi connectivity index (χ1n) is 4.26. The molecule has 1 atom stereocenters. The largest absolute Gasteiger partial charge is 0.338 e. The van der Waals surface area contributed by atoms with Crippen molar-refractivity contribution in [3.8, 4) is 0 Å². The first-order valence-corrected chi connectivity index (χ1v) is 4.26. The van der Waals surface area contributed by atoms with Crippen LogP contribution < -0.4 is 0 Å². The monoisotopic (exact) mass is 164 g/mol. The van der Waals surface area contributed by atoms with Crippen molar-refractivity contribution in [2.45, 2.75) is 25.2 Å². The molecule has 1 aromatic heterocycles. The minimum atomic E-state index is 0.373. The van der Waals surface area contributed by atoms with Crippen LogP contribution in [-0.2, 0) is 11.8 Å². The summed E-state index contributed by atoms with van der Waals surface area (Å²) in [5.74, 6) is 1.81. The topological polar surface area (TPSA) is 34.9 Å². The lowest BCUT2D eigenvalue weighted by atomic mass is 10.1. The van der Waals surface area contributed by atoms with Crippen LogP contribution in [-0.4, -0.2) is 15.3 Å². The summed E-state index contributed by atoms with van der Waals surface area (Å²) >= 11 is 0. The van der Waals surface area contributed by atoms with Crippen molar-refractivity contribution in [3.63, 3.8) is 0 Å². The number of carbonyl (C=O) groups excluding carboxylic acids is 1. The predicted octanol–water partition coefficient (Wildman–Crippen LogP) is 1.26. The normalized spacial score (nSPS) is 23.4. The Hall–Kier alpha value is -1.12. The second-order valence-corrected chi connectivity index (χ2v) is 3.37. The van der Waals surface area contributed by atoms with Crippen molar-refractivity contribution in [2.75, 3.05) is 0 Å². The third-order valence-electron chi connectivity index (χ3n) is 2.47. The molecule has 1 heterocycles. The van der Waals surface area contributed by atoms with E-state index in [1.165, 1.54) is 0 Å². The SMILES string of the molecule is Cn1ccnc1[C@@H]1CCC(=O)C1. The minimum Gasteiger partial charge on any atom is -0.338 e. The maximum absolute atomic E-state index is 11.0. The zero-order valence-corrected chi connectivity index (χ0v) is 7.16. The fourth-order valence-electron chi connectivity index (χ4n) is 1.81. The molecule has 0 amide bonds. The van der Waals surface area contributed by atoms with Gasteiger partial charge in [0.2, 0.25) is 0 Å². The lowest BCUT2D eigenvalue weighted by Gasteiger charge is -2.06. The summed E-state index contributed by atoms with van der Waals surface area (Å²) in [6.45, 7) is 0. The van der Waals surface area contributed by atoms with Gasteiger partial charge in [0.05, 0.1) is 0 Å². The number of rotatable bonds is 1. The van der Waals surface area contributed by atoms with Crippen LogP contribution in [0.5, 0.6) is 0 Å². The standard InChI is InChI=1S/C9H12N2O/c1-11-5-4-10-9(11)7-2-3-8(12)6-7/h4-5,7H,2-3,6H2,1H3/t7-/m1/s1. The molecule has 1 fully saturated rings. The fourth-order valence-corrected chi connectivity index (χ4v) is 1.81. The molecule has 0 saturated heterocycles. The van der Waals surface area contributed by atoms with Crippen LogP contribution >= 0.6 is 0 Å². The molecule has 2 rings (SSSR count). The number of hydrogen-bond donors (Lipinski definition) is 0. The number of aryl methyl sites for hydroxylation is 1. The third kappa shape index (κ3) is 1.15. The Morgan fingerprint density at radius 1 is 1.67 bits per heavy atom. The Labute approximate surface area is 71.4 Å². The highest BCUT2D eigenvalue weighted by Gasteiger charge is 2.25. The van der Waals surface area contributed by atoms with Crippen molar-refractivity contribution in [1.82, 2.24) is 9.55 Å². The molecule has 0 radical (unpaired) electrons. The van der Waals surface area contributed by atoms with Gasteiger partial charge in [-0.2, -0.15) is 0 Å². The average Bonchev–Trinajstić information content (AvgIpc) is 2.58. The lowest BCUT2D eigenvalue weighted by molar-refractivity contribution is -0.117. The number of hydrogen-bond acceptors (Lipinski definition) is 2. The fraction of sp³-hybridized carbons (Fsp3) is 0.556. The van der Waals surface area contributed by atoms with E-state index >= 15 is 0 Å². The molecule has 0 unspecified atom stereocenters. The summed E-state index contributed by atoms with van der Waals surface area (Å²) < 4.78 is 2.00. The Morgan fingerprint density at radius 2 is 2.50 bits per heavy atom. The number of Topliss-reactive ketones (excluding diaryl/α,β-unsaturated/α-hetero) is 1. The van der Waals surface area contributed by atoms with E-state index in [0.717, 1.165) is 18.7 Å². The van der Waals surface area contributed by atoms with E-state index in [1.807, 2.05) is 17.8 Å². The number of imidazole rings is 1. The van der Waals surface area contributed by atoms with Gasteiger partial charge in [-0.1, -0.05) is 0 Å². The smallest absolute Gasteiger partial charge is 0.133 e. The van der Waals surface area contributed by atoms with Crippen molar-refractivity contribution in [3.05, 3.63) is 18.2 Å². The maximum atomic E-state index is 11.0. The van der Waals surface area contributed by atoms with Crippen molar-refractivity contribution >= 4 is 5.78 Å². The highest BCUT2D eigenvalue weighted by Crippen LogP contribution is 2.30. The Morgan fingerprint density at radius 3 is 3.00 bits per heavy atom. The summed E-state index contributed by atoms with van der Waals surface area (Å²) in [6, 6.07) is 0. The molecule has 0 bridgehead atoms. The number of nitrogens with zero attached hydrogens (tertiary/aromatic N) is 2. The van der Waals surface area contributed by atoms with Gasteiger partial charge in [-0.05, 0) is 6.42 Å². The molecular weight excluding hydrogens is 152 g/mol. The molecule has 1 saturated carbocycles. The van der Waals surface area contributed by atoms with Gasteiger partial charge in [0.25, 0.3) is 0 Å². The van der Waals surface area contributed by atoms with Gasteiger partial charge >= 0.3 is 0 Å². The quantitative estimate of drug-likeness (QED) is 0.626. The third-order valence-corrected chi connectivity index (χ3v) is 2.47. The summed E-state index contributed by atoms with van der Waals surface area (Å²) in [4.78, 5) is 15.3. The van der Waals surface area contributed by atoms with Gasteiger partial charge in [-0.3, -0.25) is 4.79 Å². The second kappa shape index (κ2) is 2.73. The zero-order valence-electron chi connectivity index (χ0n) is 7.16. The molecule has 1 aliphatic carbocycles. The summed E-state index contributed by atoms with van der Waals surface area (Å²) in [5, 5.41) is 0. The van der Waals surface area contributed by atoms with Gasteiger partial charge in [-0.25, -0.2) is 4.98 Å². The number of aromatic nitrogens is 2. The number of ketones is 1. The first-order chi connectivity index (χ1) is 5.77. The van der Waals surface area contributed by atoms with Crippen LogP contribution in [0, 0.1) is 0 Å². The molecule has 1 aromatic rings. The first kappa shape index (κ1) is 7.53. The van der Waals surface area contributed by atoms with Crippen molar-refractivity contribution in [2.24, 2.45) is 7.05 Å². The van der Waals surface area contributed by atoms with E-state index < -0.39 is 0 Å². The molecular formula is C9H12N2O. The van der Waals surface area contributed by atoms with E-state index in [0.29, 0.717) is 18.1 Å². The molecule has 64 valence electrons. The van der Waals surface area contributed by atoms with E-state index in [1.54, 1.807) is 6.20 Å². The highest BCUT2D eigenvalue weighted by molar-refractivity contribution is 5.81. The lowest BCUT2D eigenvalue weighted by Crippen LogP contribution is -2.02. The minimum absolute atomic E-state index is 0.373. The van der Waals surface area contributed by atoms with E-state index in [2.05, 4.69) is 4.98 Å². The van der Waals surface area contributed by atoms with Crippen molar-refractivity contribution in [1.29, 1.82) is 0 Å². The number of carbonyl (C=O) groups is 1. The summed E-state index contributed by atoms with van der Waals surface area (Å²) in [5.41, 5.74) is 0. The van der Waals surface area contributed by atoms with E-state index in [4.69, 9.17) is 0 Å².